The molecule has 3 nitrogen and oxygen atoms in total. The first-order valence-electron chi connectivity index (χ1n) is 15.6. The molecule has 3 aromatic heterocycles. The van der Waals surface area contributed by atoms with Crippen LogP contribution in [0.3, 0.4) is 0 Å². The first kappa shape index (κ1) is 32.5. The Morgan fingerprint density at radius 1 is 0.521 bits per heavy atom. The quantitative estimate of drug-likeness (QED) is 0.163. The maximum absolute atomic E-state index is 6.17. The van der Waals surface area contributed by atoms with Crippen LogP contribution < -0.4 is 0 Å². The Morgan fingerprint density at radius 2 is 1.29 bits per heavy atom. The molecular formula is C44H32IrN2O-2. The predicted octanol–water partition coefficient (Wildman–Crippen LogP) is 11.5. The Kier molecular flexibility index (Phi) is 10.2. The van der Waals surface area contributed by atoms with Crippen LogP contribution in [-0.4, -0.2) is 9.97 Å². The molecule has 235 valence electrons. The number of hydrogen-bond acceptors (Lipinski definition) is 3. The van der Waals surface area contributed by atoms with E-state index in [0.29, 0.717) is 0 Å². The average molecular weight is 797 g/mol. The number of aromatic nitrogens is 2. The van der Waals surface area contributed by atoms with Gasteiger partial charge in [-0.1, -0.05) is 107 Å². The van der Waals surface area contributed by atoms with E-state index in [9.17, 15) is 0 Å². The zero-order valence-electron chi connectivity index (χ0n) is 26.6. The summed E-state index contributed by atoms with van der Waals surface area (Å²) in [4.78, 5) is 8.82. The Morgan fingerprint density at radius 3 is 2.06 bits per heavy atom. The molecule has 0 aliphatic heterocycles. The van der Waals surface area contributed by atoms with Gasteiger partial charge in [-0.2, -0.15) is 0 Å². The van der Waals surface area contributed by atoms with Crippen molar-refractivity contribution in [3.05, 3.63) is 181 Å². The summed E-state index contributed by atoms with van der Waals surface area (Å²) in [5.41, 5.74) is 12.9. The zero-order chi connectivity index (χ0) is 32.0. The smallest absolute Gasteiger partial charge is 0.135 e. The molecule has 0 unspecified atom stereocenters. The van der Waals surface area contributed by atoms with Crippen LogP contribution in [0.2, 0.25) is 0 Å². The predicted molar refractivity (Wildman–Crippen MR) is 193 cm³/mol. The van der Waals surface area contributed by atoms with Crippen LogP contribution in [0.4, 0.5) is 0 Å². The van der Waals surface area contributed by atoms with Crippen molar-refractivity contribution in [1.29, 1.82) is 0 Å². The molecule has 8 aromatic rings. The van der Waals surface area contributed by atoms with Crippen molar-refractivity contribution in [1.82, 2.24) is 9.97 Å². The molecule has 3 heterocycles. The largest absolute Gasteiger partial charge is 0.456 e. The van der Waals surface area contributed by atoms with E-state index < -0.39 is 0 Å². The van der Waals surface area contributed by atoms with Gasteiger partial charge in [0.2, 0.25) is 0 Å². The molecule has 0 fully saturated rings. The van der Waals surface area contributed by atoms with E-state index in [4.69, 9.17) is 4.42 Å². The van der Waals surface area contributed by atoms with Crippen LogP contribution in [0, 0.1) is 26.0 Å². The maximum atomic E-state index is 6.17. The summed E-state index contributed by atoms with van der Waals surface area (Å²) >= 11 is 0. The summed E-state index contributed by atoms with van der Waals surface area (Å²) in [5.74, 6) is 0.878. The molecule has 0 aliphatic rings. The molecule has 0 aliphatic carbocycles. The molecule has 0 saturated heterocycles. The van der Waals surface area contributed by atoms with Gasteiger partial charge >= 0.3 is 0 Å². The minimum Gasteiger partial charge on any atom is -0.456 e. The normalized spacial score (nSPS) is 10.5. The molecule has 0 N–H and O–H groups in total. The van der Waals surface area contributed by atoms with Gasteiger partial charge in [0, 0.05) is 43.4 Å². The Balaban J connectivity index is 0.000000260. The number of pyridine rings is 2. The van der Waals surface area contributed by atoms with Crippen molar-refractivity contribution >= 4 is 11.0 Å². The van der Waals surface area contributed by atoms with Gasteiger partial charge in [0.15, 0.2) is 0 Å². The van der Waals surface area contributed by atoms with Gasteiger partial charge < -0.3 is 14.4 Å². The summed E-state index contributed by atoms with van der Waals surface area (Å²) in [6, 6.07) is 56.1. The fourth-order valence-corrected chi connectivity index (χ4v) is 5.64. The van der Waals surface area contributed by atoms with Gasteiger partial charge in [-0.3, -0.25) is 0 Å². The number of rotatable bonds is 5. The molecule has 5 aromatic carbocycles. The van der Waals surface area contributed by atoms with E-state index in [1.807, 2.05) is 72.9 Å². The first-order chi connectivity index (χ1) is 23.1. The standard InChI is InChI=1S/C33H24NO.C11H8N.Ir/c1-22-7-6-10-25(17-22)29-13-11-27(31-18-23(2)15-16-34-31)20-30(29)26-12-14-32-28(19-26)21-33(35-32)24-8-4-3-5-9-24;1-2-6-10(7-3-1)11-8-4-5-9-12-11;/h3-10,12-21H,1-2H3;1-6,8-9H;/q2*-1;. The third-order valence-electron chi connectivity index (χ3n) is 8.01. The Bertz CT molecular complexity index is 2220. The van der Waals surface area contributed by atoms with Gasteiger partial charge in [0.1, 0.15) is 11.3 Å². The van der Waals surface area contributed by atoms with E-state index >= 15 is 0 Å². The number of nitrogens with zero attached hydrogens (tertiary/aromatic N) is 2. The van der Waals surface area contributed by atoms with E-state index in [1.165, 1.54) is 16.7 Å². The molecule has 8 rings (SSSR count). The maximum Gasteiger partial charge on any atom is 0.135 e. The summed E-state index contributed by atoms with van der Waals surface area (Å²) in [6.07, 6.45) is 3.64. The minimum absolute atomic E-state index is 0. The van der Waals surface area contributed by atoms with E-state index in [2.05, 4.69) is 115 Å². The van der Waals surface area contributed by atoms with Gasteiger partial charge in [-0.05, 0) is 61.1 Å². The summed E-state index contributed by atoms with van der Waals surface area (Å²) in [5, 5.41) is 1.08. The minimum atomic E-state index is 0. The molecule has 0 spiro atoms. The molecule has 0 saturated carbocycles. The van der Waals surface area contributed by atoms with Gasteiger partial charge in [0.25, 0.3) is 0 Å². The Labute approximate surface area is 295 Å². The van der Waals surface area contributed by atoms with Crippen LogP contribution in [0.15, 0.2) is 162 Å². The van der Waals surface area contributed by atoms with Gasteiger partial charge in [-0.15, -0.1) is 59.7 Å². The van der Waals surface area contributed by atoms with E-state index in [-0.39, 0.29) is 20.1 Å². The second kappa shape index (κ2) is 15.0. The fraction of sp³-hybridized carbons (Fsp3) is 0.0455. The van der Waals surface area contributed by atoms with Gasteiger partial charge in [-0.25, -0.2) is 0 Å². The zero-order valence-corrected chi connectivity index (χ0v) is 29.0. The van der Waals surface area contributed by atoms with Crippen molar-refractivity contribution in [2.45, 2.75) is 13.8 Å². The van der Waals surface area contributed by atoms with Gasteiger partial charge in [0.05, 0.1) is 0 Å². The van der Waals surface area contributed by atoms with E-state index in [0.717, 1.165) is 61.5 Å². The second-order valence-electron chi connectivity index (χ2n) is 11.5. The molecule has 1 radical (unpaired) electrons. The van der Waals surface area contributed by atoms with Crippen LogP contribution in [-0.2, 0) is 20.1 Å². The third kappa shape index (κ3) is 7.42. The van der Waals surface area contributed by atoms with Crippen molar-refractivity contribution < 1.29 is 24.5 Å². The summed E-state index contributed by atoms with van der Waals surface area (Å²) in [6.45, 7) is 4.21. The molecule has 0 atom stereocenters. The average Bonchev–Trinajstić information content (AvgIpc) is 3.57. The van der Waals surface area contributed by atoms with Crippen molar-refractivity contribution in [3.8, 4) is 56.1 Å². The van der Waals surface area contributed by atoms with Crippen molar-refractivity contribution in [2.24, 2.45) is 0 Å². The van der Waals surface area contributed by atoms with Crippen LogP contribution in [0.5, 0.6) is 0 Å². The van der Waals surface area contributed by atoms with E-state index in [1.54, 1.807) is 6.20 Å². The fourth-order valence-electron chi connectivity index (χ4n) is 5.64. The van der Waals surface area contributed by atoms with Crippen LogP contribution in [0.25, 0.3) is 67.1 Å². The van der Waals surface area contributed by atoms with Crippen molar-refractivity contribution in [2.75, 3.05) is 0 Å². The third-order valence-corrected chi connectivity index (χ3v) is 8.01. The molecule has 4 heteroatoms. The molecule has 0 amide bonds. The summed E-state index contributed by atoms with van der Waals surface area (Å²) < 4.78 is 6.17. The van der Waals surface area contributed by atoms with Crippen molar-refractivity contribution in [3.63, 3.8) is 0 Å². The number of aryl methyl sites for hydroxylation is 2. The molecule has 48 heavy (non-hydrogen) atoms. The SMILES string of the molecule is Cc1cccc(-c2c[c-]c(-c3cc(C)ccn3)cc2-c2ccc3oc(-c4ccccc4)cc3c2)c1.[Ir].[c-]1ccccc1-c1ccccn1. The molecular weight excluding hydrogens is 765 g/mol. The number of hydrogen-bond donors (Lipinski definition) is 0. The Hall–Kier alpha value is -5.41. The monoisotopic (exact) mass is 797 g/mol. The van der Waals surface area contributed by atoms with Crippen LogP contribution >= 0.6 is 0 Å². The summed E-state index contributed by atoms with van der Waals surface area (Å²) in [7, 11) is 0. The second-order valence-corrected chi connectivity index (χ2v) is 11.5. The van der Waals surface area contributed by atoms with Crippen LogP contribution in [0.1, 0.15) is 11.1 Å². The first-order valence-corrected chi connectivity index (χ1v) is 15.6. The number of benzene rings is 5. The number of furan rings is 1. The topological polar surface area (TPSA) is 38.9 Å². The molecule has 0 bridgehead atoms. The number of fused-ring (bicyclic) bond motifs is 1.